The molecule has 186 valence electrons. The van der Waals surface area contributed by atoms with Crippen LogP contribution in [0.1, 0.15) is 44.4 Å². The number of hydrogen-bond acceptors (Lipinski definition) is 4. The molecule has 2 aromatic carbocycles. The number of benzene rings is 2. The molecule has 0 fully saturated rings. The lowest BCUT2D eigenvalue weighted by Crippen LogP contribution is -2.54. The van der Waals surface area contributed by atoms with Crippen molar-refractivity contribution in [3.05, 3.63) is 64.2 Å². The summed E-state index contributed by atoms with van der Waals surface area (Å²) in [5.41, 5.74) is 2.31. The Morgan fingerprint density at radius 1 is 1.06 bits per heavy atom. The fourth-order valence-electron chi connectivity index (χ4n) is 3.58. The molecule has 0 spiro atoms. The van der Waals surface area contributed by atoms with Crippen molar-refractivity contribution in [2.45, 2.75) is 59.7 Å². The molecule has 2 rings (SSSR count). The summed E-state index contributed by atoms with van der Waals surface area (Å²) in [5.74, 6) is -0.855. The van der Waals surface area contributed by atoms with Gasteiger partial charge in [-0.1, -0.05) is 35.9 Å². The fraction of sp³-hybridized carbons (Fsp3) is 0.440. The molecule has 0 aliphatic heterocycles. The Morgan fingerprint density at radius 2 is 1.62 bits per heavy atom. The average Bonchev–Trinajstić information content (AvgIpc) is 2.67. The number of sulfonamides is 1. The Morgan fingerprint density at radius 3 is 2.12 bits per heavy atom. The van der Waals surface area contributed by atoms with Gasteiger partial charge in [-0.15, -0.1) is 0 Å². The Balaban J connectivity index is 2.45. The van der Waals surface area contributed by atoms with Crippen LogP contribution in [0.15, 0.2) is 42.5 Å². The number of nitrogens with one attached hydrogen (secondary N) is 1. The van der Waals surface area contributed by atoms with E-state index in [1.165, 1.54) is 4.90 Å². The van der Waals surface area contributed by atoms with Gasteiger partial charge in [0.15, 0.2) is 0 Å². The van der Waals surface area contributed by atoms with Crippen LogP contribution < -0.4 is 9.62 Å². The molecule has 7 nitrogen and oxygen atoms in total. The van der Waals surface area contributed by atoms with Gasteiger partial charge in [0.1, 0.15) is 12.6 Å². The number of rotatable bonds is 8. The van der Waals surface area contributed by atoms with Gasteiger partial charge in [0.2, 0.25) is 21.8 Å². The zero-order chi connectivity index (χ0) is 25.8. The highest BCUT2D eigenvalue weighted by molar-refractivity contribution is 7.92. The van der Waals surface area contributed by atoms with Crippen molar-refractivity contribution < 1.29 is 18.0 Å². The van der Waals surface area contributed by atoms with Crippen molar-refractivity contribution in [1.29, 1.82) is 0 Å². The standard InChI is InChI=1S/C25H34ClN3O4S/c1-17-12-18(2)14-21(13-17)29(34(7,32)33)16-23(30)28(15-20-10-8-9-11-22(20)26)19(3)24(31)27-25(4,5)6/h8-14,19H,15-16H2,1-7H3,(H,27,31)/t19-/m0/s1. The normalized spacial score (nSPS) is 12.7. The van der Waals surface area contributed by atoms with Gasteiger partial charge in [0, 0.05) is 17.1 Å². The number of amides is 2. The number of hydrogen-bond donors (Lipinski definition) is 1. The summed E-state index contributed by atoms with van der Waals surface area (Å²) >= 11 is 6.33. The lowest BCUT2D eigenvalue weighted by molar-refractivity contribution is -0.140. The maximum atomic E-state index is 13.6. The second-order valence-corrected chi connectivity index (χ2v) is 12.0. The molecule has 0 aliphatic rings. The highest BCUT2D eigenvalue weighted by Crippen LogP contribution is 2.23. The minimum Gasteiger partial charge on any atom is -0.350 e. The summed E-state index contributed by atoms with van der Waals surface area (Å²) in [7, 11) is -3.78. The van der Waals surface area contributed by atoms with E-state index >= 15 is 0 Å². The molecule has 1 atom stereocenters. The van der Waals surface area contributed by atoms with E-state index < -0.39 is 34.1 Å². The number of nitrogens with zero attached hydrogens (tertiary/aromatic N) is 2. The SMILES string of the molecule is Cc1cc(C)cc(N(CC(=O)N(Cc2ccccc2Cl)[C@@H](C)C(=O)NC(C)(C)C)S(C)(=O)=O)c1. The van der Waals surface area contributed by atoms with Crippen LogP contribution >= 0.6 is 11.6 Å². The number of halogens is 1. The summed E-state index contributed by atoms with van der Waals surface area (Å²) in [6.07, 6.45) is 1.06. The van der Waals surface area contributed by atoms with Gasteiger partial charge >= 0.3 is 0 Å². The summed E-state index contributed by atoms with van der Waals surface area (Å²) in [6, 6.07) is 11.6. The Hall–Kier alpha value is -2.58. The molecule has 0 saturated carbocycles. The van der Waals surface area contributed by atoms with Crippen molar-refractivity contribution in [1.82, 2.24) is 10.2 Å². The van der Waals surface area contributed by atoms with Crippen LogP contribution in [0.4, 0.5) is 5.69 Å². The van der Waals surface area contributed by atoms with Crippen LogP contribution in [0, 0.1) is 13.8 Å². The summed E-state index contributed by atoms with van der Waals surface area (Å²) in [4.78, 5) is 27.9. The third-order valence-corrected chi connectivity index (χ3v) is 6.65. The average molecular weight is 508 g/mol. The minimum atomic E-state index is -3.78. The first-order valence-electron chi connectivity index (χ1n) is 11.0. The van der Waals surface area contributed by atoms with Crippen LogP contribution in [-0.4, -0.2) is 49.5 Å². The third kappa shape index (κ3) is 7.74. The van der Waals surface area contributed by atoms with Crippen molar-refractivity contribution in [2.75, 3.05) is 17.1 Å². The predicted molar refractivity (Wildman–Crippen MR) is 137 cm³/mol. The van der Waals surface area contributed by atoms with Crippen molar-refractivity contribution in [2.24, 2.45) is 0 Å². The van der Waals surface area contributed by atoms with Gasteiger partial charge in [-0.05, 0) is 76.4 Å². The maximum absolute atomic E-state index is 13.6. The van der Waals surface area contributed by atoms with Crippen molar-refractivity contribution >= 4 is 39.1 Å². The summed E-state index contributed by atoms with van der Waals surface area (Å²) in [5, 5.41) is 3.34. The summed E-state index contributed by atoms with van der Waals surface area (Å²) < 4.78 is 26.4. The van der Waals surface area contributed by atoms with Crippen LogP contribution in [0.3, 0.4) is 0 Å². The van der Waals surface area contributed by atoms with E-state index in [9.17, 15) is 18.0 Å². The van der Waals surface area contributed by atoms with E-state index in [2.05, 4.69) is 5.32 Å². The van der Waals surface area contributed by atoms with E-state index in [0.717, 1.165) is 21.7 Å². The molecule has 0 bridgehead atoms. The molecule has 1 N–H and O–H groups in total. The van der Waals surface area contributed by atoms with Crippen LogP contribution in [0.2, 0.25) is 5.02 Å². The van der Waals surface area contributed by atoms with E-state index in [0.29, 0.717) is 16.3 Å². The molecule has 0 aliphatic carbocycles. The van der Waals surface area contributed by atoms with Gasteiger partial charge in [-0.2, -0.15) is 0 Å². The van der Waals surface area contributed by atoms with Gasteiger partial charge in [-0.25, -0.2) is 8.42 Å². The van der Waals surface area contributed by atoms with Gasteiger partial charge in [0.05, 0.1) is 11.9 Å². The number of aryl methyl sites for hydroxylation is 2. The maximum Gasteiger partial charge on any atom is 0.244 e. The van der Waals surface area contributed by atoms with Crippen molar-refractivity contribution in [3.63, 3.8) is 0 Å². The highest BCUT2D eigenvalue weighted by Gasteiger charge is 2.31. The quantitative estimate of drug-likeness (QED) is 0.583. The van der Waals surface area contributed by atoms with Crippen LogP contribution in [0.5, 0.6) is 0 Å². The first kappa shape index (κ1) is 27.7. The Labute approximate surface area is 208 Å². The number of carbonyl (C=O) groups is 2. The molecule has 0 aromatic heterocycles. The molecule has 2 aromatic rings. The second kappa shape index (κ2) is 10.8. The lowest BCUT2D eigenvalue weighted by Gasteiger charge is -2.33. The molecule has 0 unspecified atom stereocenters. The lowest BCUT2D eigenvalue weighted by atomic mass is 10.1. The molecule has 0 radical (unpaired) electrons. The topological polar surface area (TPSA) is 86.8 Å². The number of carbonyl (C=O) groups excluding carboxylic acids is 2. The smallest absolute Gasteiger partial charge is 0.244 e. The Bertz CT molecular complexity index is 1140. The summed E-state index contributed by atoms with van der Waals surface area (Å²) in [6.45, 7) is 10.5. The Kier molecular flexibility index (Phi) is 8.77. The highest BCUT2D eigenvalue weighted by atomic mass is 35.5. The van der Waals surface area contributed by atoms with E-state index in [4.69, 9.17) is 11.6 Å². The first-order chi connectivity index (χ1) is 15.6. The van der Waals surface area contributed by atoms with Gasteiger partial charge in [0.25, 0.3) is 0 Å². The predicted octanol–water partition coefficient (Wildman–Crippen LogP) is 4.05. The minimum absolute atomic E-state index is 0.0572. The van der Waals surface area contributed by atoms with Gasteiger partial charge in [-0.3, -0.25) is 13.9 Å². The molecule has 0 heterocycles. The molecule has 9 heteroatoms. The number of anilines is 1. The first-order valence-corrected chi connectivity index (χ1v) is 13.2. The van der Waals surface area contributed by atoms with Crippen LogP contribution in [0.25, 0.3) is 0 Å². The molecular weight excluding hydrogens is 474 g/mol. The largest absolute Gasteiger partial charge is 0.350 e. The fourth-order valence-corrected chi connectivity index (χ4v) is 4.60. The van der Waals surface area contributed by atoms with Crippen molar-refractivity contribution in [3.8, 4) is 0 Å². The van der Waals surface area contributed by atoms with E-state index in [1.54, 1.807) is 43.3 Å². The zero-order valence-electron chi connectivity index (χ0n) is 20.8. The monoisotopic (exact) mass is 507 g/mol. The molecule has 0 saturated heterocycles. The van der Waals surface area contributed by atoms with E-state index in [1.807, 2.05) is 40.7 Å². The van der Waals surface area contributed by atoms with Gasteiger partial charge < -0.3 is 10.2 Å². The second-order valence-electron chi connectivity index (χ2n) is 9.64. The van der Waals surface area contributed by atoms with E-state index in [-0.39, 0.29) is 12.5 Å². The molecular formula is C25H34ClN3O4S. The zero-order valence-corrected chi connectivity index (χ0v) is 22.4. The molecule has 34 heavy (non-hydrogen) atoms. The molecule has 2 amide bonds. The third-order valence-electron chi connectivity index (χ3n) is 5.14. The van der Waals surface area contributed by atoms with Crippen LogP contribution in [-0.2, 0) is 26.2 Å².